The number of aliphatic hydroxyl groups is 1. The van der Waals surface area contributed by atoms with Gasteiger partial charge in [0.1, 0.15) is 0 Å². The number of aliphatic hydroxyl groups excluding tert-OH is 1. The highest BCUT2D eigenvalue weighted by atomic mass is 16.7. The Hall–Kier alpha value is -1.96. The highest BCUT2D eigenvalue weighted by Gasteiger charge is 2.46. The second-order valence-corrected chi connectivity index (χ2v) is 7.81. The Balaban J connectivity index is 0.000000558. The third kappa shape index (κ3) is 9.24. The summed E-state index contributed by atoms with van der Waals surface area (Å²) in [7, 11) is 0. The van der Waals surface area contributed by atoms with Gasteiger partial charge in [0.05, 0.1) is 24.6 Å². The number of aromatic nitrogens is 2. The largest absolute Gasteiger partial charge is 0.481 e. The van der Waals surface area contributed by atoms with E-state index >= 15 is 0 Å². The minimum absolute atomic E-state index is 0.0120. The Morgan fingerprint density at radius 1 is 1.30 bits per heavy atom. The van der Waals surface area contributed by atoms with E-state index in [0.717, 1.165) is 44.9 Å². The number of fused-ring (bicyclic) bond motifs is 2. The van der Waals surface area contributed by atoms with Gasteiger partial charge < -0.3 is 24.7 Å². The first kappa shape index (κ1) is 24.3. The van der Waals surface area contributed by atoms with E-state index in [1.165, 1.54) is 0 Å². The van der Waals surface area contributed by atoms with Crippen molar-refractivity contribution < 1.29 is 24.5 Å². The average molecular weight is 421 g/mol. The van der Waals surface area contributed by atoms with Crippen LogP contribution in [0.3, 0.4) is 0 Å². The number of allylic oxidation sites excluding steroid dienone is 2. The van der Waals surface area contributed by atoms with Gasteiger partial charge in [-0.15, -0.1) is 0 Å². The molecule has 3 aliphatic rings. The van der Waals surface area contributed by atoms with Gasteiger partial charge in [0.15, 0.2) is 6.29 Å². The van der Waals surface area contributed by atoms with Crippen molar-refractivity contribution in [2.24, 2.45) is 5.92 Å². The number of unbranched alkanes of at least 4 members (excludes halogenated alkanes) is 3. The number of hydrogen-bond acceptors (Lipinski definition) is 5. The molecule has 7 heteroatoms. The first-order valence-electron chi connectivity index (χ1n) is 11.1. The Morgan fingerprint density at radius 3 is 2.77 bits per heavy atom. The van der Waals surface area contributed by atoms with Gasteiger partial charge in [-0.05, 0) is 25.7 Å². The molecule has 0 aromatic carbocycles. The number of ether oxygens (including phenoxy) is 2. The highest BCUT2D eigenvalue weighted by Crippen LogP contribution is 2.40. The van der Waals surface area contributed by atoms with E-state index in [2.05, 4.69) is 23.0 Å². The summed E-state index contributed by atoms with van der Waals surface area (Å²) in [5.41, 5.74) is 0. The number of nitrogens with zero attached hydrogens (tertiary/aromatic N) is 1. The quantitative estimate of drug-likeness (QED) is 0.345. The number of carbonyl (C=O) groups is 1. The van der Waals surface area contributed by atoms with Crippen LogP contribution in [0.5, 0.6) is 0 Å². The number of hydrogen-bond donors (Lipinski definition) is 3. The molecule has 0 unspecified atom stereocenters. The zero-order valence-electron chi connectivity index (χ0n) is 17.9. The van der Waals surface area contributed by atoms with Crippen LogP contribution in [0.25, 0.3) is 0 Å². The summed E-state index contributed by atoms with van der Waals surface area (Å²) >= 11 is 0. The van der Waals surface area contributed by atoms with Gasteiger partial charge in [-0.3, -0.25) is 4.79 Å². The molecule has 0 spiro atoms. The molecule has 0 aliphatic carbocycles. The summed E-state index contributed by atoms with van der Waals surface area (Å²) in [6, 6.07) is 0. The topological polar surface area (TPSA) is 105 Å². The third-order valence-electron chi connectivity index (χ3n) is 5.33. The highest BCUT2D eigenvalue weighted by molar-refractivity contribution is 5.66. The summed E-state index contributed by atoms with van der Waals surface area (Å²) < 4.78 is 11.6. The first-order valence-corrected chi connectivity index (χ1v) is 11.1. The Labute approximate surface area is 179 Å². The maximum atomic E-state index is 10.5. The Kier molecular flexibility index (Phi) is 11.4. The van der Waals surface area contributed by atoms with Crippen LogP contribution < -0.4 is 0 Å². The maximum absolute atomic E-state index is 10.5. The normalized spacial score (nSPS) is 26.2. The second-order valence-electron chi connectivity index (χ2n) is 7.81. The molecule has 0 radical (unpaired) electrons. The Bertz CT molecular complexity index is 608. The molecule has 4 rings (SSSR count). The molecule has 5 atom stereocenters. The summed E-state index contributed by atoms with van der Waals surface area (Å²) in [4.78, 5) is 16.9. The van der Waals surface area contributed by atoms with E-state index in [-0.39, 0.29) is 30.8 Å². The van der Waals surface area contributed by atoms with Gasteiger partial charge in [0, 0.05) is 31.2 Å². The van der Waals surface area contributed by atoms with Crippen LogP contribution in [0.2, 0.25) is 0 Å². The second kappa shape index (κ2) is 14.1. The molecule has 3 fully saturated rings. The van der Waals surface area contributed by atoms with Crippen molar-refractivity contribution in [3.05, 3.63) is 43.0 Å². The number of aromatic amines is 1. The van der Waals surface area contributed by atoms with E-state index in [4.69, 9.17) is 14.6 Å². The van der Waals surface area contributed by atoms with Gasteiger partial charge >= 0.3 is 5.97 Å². The van der Waals surface area contributed by atoms with Gasteiger partial charge in [-0.25, -0.2) is 4.98 Å². The summed E-state index contributed by atoms with van der Waals surface area (Å²) in [5, 5.41) is 18.7. The molecule has 1 aromatic heterocycles. The molecule has 7 nitrogen and oxygen atoms in total. The van der Waals surface area contributed by atoms with Crippen molar-refractivity contribution >= 4 is 5.97 Å². The van der Waals surface area contributed by atoms with Gasteiger partial charge in [0.25, 0.3) is 0 Å². The molecule has 30 heavy (non-hydrogen) atoms. The number of imidazole rings is 1. The van der Waals surface area contributed by atoms with E-state index in [1.54, 1.807) is 18.7 Å². The van der Waals surface area contributed by atoms with Crippen molar-refractivity contribution in [3.63, 3.8) is 0 Å². The van der Waals surface area contributed by atoms with Gasteiger partial charge in [-0.2, -0.15) is 0 Å². The number of carboxylic acid groups (broad SMARTS) is 1. The molecule has 1 aromatic rings. The number of rotatable bonds is 12. The fourth-order valence-electron chi connectivity index (χ4n) is 3.59. The van der Waals surface area contributed by atoms with Gasteiger partial charge in [0.2, 0.25) is 0 Å². The van der Waals surface area contributed by atoms with E-state index in [9.17, 15) is 9.90 Å². The van der Waals surface area contributed by atoms with Crippen LogP contribution in [0, 0.1) is 5.92 Å². The molecule has 3 aliphatic heterocycles. The number of aliphatic carboxylic acids is 1. The van der Waals surface area contributed by atoms with Crippen LogP contribution in [0.1, 0.15) is 64.7 Å². The van der Waals surface area contributed by atoms with E-state index in [1.807, 2.05) is 18.2 Å². The predicted molar refractivity (Wildman–Crippen MR) is 115 cm³/mol. The maximum Gasteiger partial charge on any atom is 0.303 e. The lowest BCUT2D eigenvalue weighted by Gasteiger charge is -2.49. The standard InChI is InChI=1S/C20H32O5.C3H4N2/c1-2-3-6-9-15(21)12-13-17-16(18-14-20(24-17)25-18)10-7-4-5-8-11-19(22)23;1-2-5-3-4-1/h4,7,12-13,15-18,20-21H,2-3,5-6,8-11,14H2,1H3,(H,22,23);1-3H,(H,4,5)/b7-4-,13-12+;/t15-,16+,17+,18-,20+;/m0./s1. The molecule has 168 valence electrons. The SMILES string of the molecule is CCCCC[C@H](O)/C=C/[C@H]1O[C@H]2C[C@H](O2)[C@@H]1C/C=C\CCCC(=O)O.c1c[nH]cn1. The number of nitrogens with one attached hydrogen (secondary N) is 1. The van der Waals surface area contributed by atoms with E-state index < -0.39 is 12.1 Å². The molecule has 0 saturated carbocycles. The van der Waals surface area contributed by atoms with Gasteiger partial charge in [-0.1, -0.05) is 50.5 Å². The van der Waals surface area contributed by atoms with Crippen LogP contribution in [-0.2, 0) is 14.3 Å². The van der Waals surface area contributed by atoms with Crippen molar-refractivity contribution in [2.75, 3.05) is 0 Å². The molecule has 2 bridgehead atoms. The minimum atomic E-state index is -0.745. The fourth-order valence-corrected chi connectivity index (χ4v) is 3.59. The van der Waals surface area contributed by atoms with Crippen molar-refractivity contribution in [3.8, 4) is 0 Å². The summed E-state index contributed by atoms with van der Waals surface area (Å²) in [5.74, 6) is -0.481. The zero-order valence-corrected chi connectivity index (χ0v) is 17.9. The Morgan fingerprint density at radius 2 is 2.13 bits per heavy atom. The molecular formula is C23H36N2O5. The van der Waals surface area contributed by atoms with Crippen molar-refractivity contribution in [2.45, 2.75) is 89.3 Å². The molecule has 3 saturated heterocycles. The molecule has 3 N–H and O–H groups in total. The van der Waals surface area contributed by atoms with Crippen molar-refractivity contribution in [1.29, 1.82) is 0 Å². The third-order valence-corrected chi connectivity index (χ3v) is 5.33. The molecular weight excluding hydrogens is 384 g/mol. The molecule has 4 heterocycles. The fraction of sp³-hybridized carbons (Fsp3) is 0.652. The number of carboxylic acids is 1. The van der Waals surface area contributed by atoms with Crippen LogP contribution in [-0.4, -0.2) is 50.8 Å². The summed E-state index contributed by atoms with van der Waals surface area (Å²) in [6.07, 6.45) is 20.5. The first-order chi connectivity index (χ1) is 14.6. The van der Waals surface area contributed by atoms with E-state index in [0.29, 0.717) is 6.42 Å². The van der Waals surface area contributed by atoms with Crippen LogP contribution >= 0.6 is 0 Å². The average Bonchev–Trinajstić information content (AvgIpc) is 3.29. The van der Waals surface area contributed by atoms with Crippen LogP contribution in [0.4, 0.5) is 0 Å². The molecule has 0 amide bonds. The summed E-state index contributed by atoms with van der Waals surface area (Å²) in [6.45, 7) is 2.16. The smallest absolute Gasteiger partial charge is 0.303 e. The van der Waals surface area contributed by atoms with Crippen LogP contribution in [0.15, 0.2) is 43.0 Å². The minimum Gasteiger partial charge on any atom is -0.481 e. The van der Waals surface area contributed by atoms with Crippen molar-refractivity contribution in [1.82, 2.24) is 9.97 Å². The lowest BCUT2D eigenvalue weighted by molar-refractivity contribution is -0.337. The zero-order chi connectivity index (χ0) is 21.6. The lowest BCUT2D eigenvalue weighted by atomic mass is 9.84. The monoisotopic (exact) mass is 420 g/mol. The predicted octanol–water partition coefficient (Wildman–Crippen LogP) is 4.22. The lowest BCUT2D eigenvalue weighted by Crippen LogP contribution is -2.55. The number of H-pyrrole nitrogens is 1.